The molecule has 8 nitrogen and oxygen atoms in total. The highest BCUT2D eigenvalue weighted by Gasteiger charge is 2.23. The summed E-state index contributed by atoms with van der Waals surface area (Å²) in [4.78, 5) is 15.8. The predicted molar refractivity (Wildman–Crippen MR) is 76.4 cm³/mol. The molecule has 1 aromatic rings. The molecule has 0 saturated carbocycles. The second-order valence-corrected chi connectivity index (χ2v) is 6.76. The van der Waals surface area contributed by atoms with Crippen molar-refractivity contribution in [1.82, 2.24) is 15.0 Å². The molecule has 0 bridgehead atoms. The zero-order chi connectivity index (χ0) is 15.4. The van der Waals surface area contributed by atoms with E-state index in [1.54, 1.807) is 19.9 Å². The van der Waals surface area contributed by atoms with Crippen LogP contribution in [0.2, 0.25) is 0 Å². The Labute approximate surface area is 118 Å². The van der Waals surface area contributed by atoms with Gasteiger partial charge in [-0.3, -0.25) is 15.6 Å². The first-order chi connectivity index (χ1) is 9.13. The van der Waals surface area contributed by atoms with Crippen LogP contribution in [0.1, 0.15) is 24.3 Å². The minimum Gasteiger partial charge on any atom is -0.349 e. The van der Waals surface area contributed by atoms with E-state index in [9.17, 15) is 13.2 Å². The quantitative estimate of drug-likeness (QED) is 0.411. The lowest BCUT2D eigenvalue weighted by molar-refractivity contribution is 0.0939. The lowest BCUT2D eigenvalue weighted by Gasteiger charge is -2.25. The first kappa shape index (κ1) is 16.3. The summed E-state index contributed by atoms with van der Waals surface area (Å²) >= 11 is 0. The molecule has 0 spiro atoms. The Balaban J connectivity index is 2.67. The number of aromatic nitrogens is 1. The highest BCUT2D eigenvalue weighted by atomic mass is 32.2. The van der Waals surface area contributed by atoms with Crippen molar-refractivity contribution in [2.24, 2.45) is 5.84 Å². The number of rotatable bonds is 6. The minimum absolute atomic E-state index is 0.126. The molecule has 0 aliphatic rings. The van der Waals surface area contributed by atoms with Gasteiger partial charge in [0, 0.05) is 18.3 Å². The van der Waals surface area contributed by atoms with Gasteiger partial charge >= 0.3 is 0 Å². The lowest BCUT2D eigenvalue weighted by atomic mass is 10.1. The second kappa shape index (κ2) is 6.16. The normalized spacial score (nSPS) is 12.0. The van der Waals surface area contributed by atoms with Crippen LogP contribution in [-0.4, -0.2) is 37.6 Å². The van der Waals surface area contributed by atoms with E-state index in [-0.39, 0.29) is 12.2 Å². The maximum absolute atomic E-state index is 11.9. The molecular formula is C11H19N5O3S. The van der Waals surface area contributed by atoms with E-state index in [0.29, 0.717) is 5.69 Å². The zero-order valence-corrected chi connectivity index (χ0v) is 12.4. The molecule has 20 heavy (non-hydrogen) atoms. The number of anilines is 1. The van der Waals surface area contributed by atoms with Crippen LogP contribution in [0.3, 0.4) is 0 Å². The molecule has 1 aromatic heterocycles. The van der Waals surface area contributed by atoms with E-state index in [1.807, 2.05) is 0 Å². The number of hydrogen-bond acceptors (Lipinski definition) is 6. The number of amides is 1. The van der Waals surface area contributed by atoms with Crippen molar-refractivity contribution < 1.29 is 13.2 Å². The molecule has 9 heteroatoms. The molecule has 0 aliphatic carbocycles. The van der Waals surface area contributed by atoms with E-state index < -0.39 is 21.5 Å². The van der Waals surface area contributed by atoms with Crippen molar-refractivity contribution in [3.63, 3.8) is 0 Å². The van der Waals surface area contributed by atoms with Crippen LogP contribution in [0.25, 0.3) is 0 Å². The third kappa shape index (κ3) is 5.51. The van der Waals surface area contributed by atoms with Crippen molar-refractivity contribution >= 4 is 21.6 Å². The maximum atomic E-state index is 11.9. The van der Waals surface area contributed by atoms with Gasteiger partial charge in [0.1, 0.15) is 5.69 Å². The van der Waals surface area contributed by atoms with Gasteiger partial charge in [-0.1, -0.05) is 0 Å². The fourth-order valence-electron chi connectivity index (χ4n) is 1.57. The van der Waals surface area contributed by atoms with Gasteiger partial charge < -0.3 is 10.7 Å². The van der Waals surface area contributed by atoms with Crippen molar-refractivity contribution in [2.45, 2.75) is 19.4 Å². The summed E-state index contributed by atoms with van der Waals surface area (Å²) in [5.74, 6) is 4.83. The summed E-state index contributed by atoms with van der Waals surface area (Å²) < 4.78 is 24.8. The van der Waals surface area contributed by atoms with Crippen LogP contribution >= 0.6 is 0 Å². The van der Waals surface area contributed by atoms with Crippen LogP contribution in [0, 0.1) is 0 Å². The second-order valence-electron chi connectivity index (χ2n) is 5.01. The number of carbonyl (C=O) groups is 1. The Kier molecular flexibility index (Phi) is 5.03. The number of nitrogens with one attached hydrogen (secondary N) is 3. The fraction of sp³-hybridized carbons (Fsp3) is 0.455. The predicted octanol–water partition coefficient (Wildman–Crippen LogP) is -0.575. The minimum atomic E-state index is -3.35. The first-order valence-corrected chi connectivity index (χ1v) is 7.72. The summed E-state index contributed by atoms with van der Waals surface area (Å²) in [7, 11) is -3.35. The number of hydrazine groups is 1. The van der Waals surface area contributed by atoms with E-state index in [1.165, 1.54) is 12.3 Å². The Hall–Kier alpha value is -1.71. The average Bonchev–Trinajstić information content (AvgIpc) is 2.33. The summed E-state index contributed by atoms with van der Waals surface area (Å²) in [6.07, 6.45) is 2.51. The zero-order valence-electron chi connectivity index (χ0n) is 11.6. The van der Waals surface area contributed by atoms with Gasteiger partial charge in [-0.2, -0.15) is 0 Å². The number of pyridine rings is 1. The largest absolute Gasteiger partial charge is 0.349 e. The highest BCUT2D eigenvalue weighted by Crippen LogP contribution is 2.07. The topological polar surface area (TPSA) is 126 Å². The van der Waals surface area contributed by atoms with Crippen LogP contribution in [-0.2, 0) is 10.0 Å². The van der Waals surface area contributed by atoms with Gasteiger partial charge in [0.15, 0.2) is 0 Å². The summed E-state index contributed by atoms with van der Waals surface area (Å²) in [5.41, 5.74) is 2.36. The maximum Gasteiger partial charge on any atom is 0.270 e. The molecule has 0 fully saturated rings. The highest BCUT2D eigenvalue weighted by molar-refractivity contribution is 7.88. The molecule has 0 saturated heterocycles. The summed E-state index contributed by atoms with van der Waals surface area (Å²) in [6, 6.07) is 3.11. The Bertz CT molecular complexity index is 585. The van der Waals surface area contributed by atoms with Gasteiger partial charge in [-0.15, -0.1) is 0 Å². The van der Waals surface area contributed by atoms with Crippen LogP contribution in [0.15, 0.2) is 18.3 Å². The SMILES string of the molecule is CC(C)(CNC(=O)c1cc(NN)ccn1)NS(C)(=O)=O. The Morgan fingerprint density at radius 3 is 2.65 bits per heavy atom. The molecule has 1 heterocycles. The summed E-state index contributed by atoms with van der Waals surface area (Å²) in [5, 5.41) is 2.62. The average molecular weight is 301 g/mol. The van der Waals surface area contributed by atoms with Crippen LogP contribution in [0.4, 0.5) is 5.69 Å². The van der Waals surface area contributed by atoms with Gasteiger partial charge in [0.25, 0.3) is 5.91 Å². The van der Waals surface area contributed by atoms with E-state index in [2.05, 4.69) is 20.4 Å². The molecule has 1 rings (SSSR count). The van der Waals surface area contributed by atoms with Crippen molar-refractivity contribution in [3.05, 3.63) is 24.0 Å². The standard InChI is InChI=1S/C11H19N5O3S/c1-11(2,16-20(3,18)19)7-14-10(17)9-6-8(15-12)4-5-13-9/h4-6,16H,7,12H2,1-3H3,(H,13,15)(H,14,17). The molecule has 0 atom stereocenters. The third-order valence-electron chi connectivity index (χ3n) is 2.31. The molecule has 112 valence electrons. The smallest absolute Gasteiger partial charge is 0.270 e. The van der Waals surface area contributed by atoms with E-state index in [4.69, 9.17) is 5.84 Å². The Morgan fingerprint density at radius 1 is 1.45 bits per heavy atom. The van der Waals surface area contributed by atoms with Crippen LogP contribution < -0.4 is 21.3 Å². The van der Waals surface area contributed by atoms with Crippen molar-refractivity contribution in [3.8, 4) is 0 Å². The monoisotopic (exact) mass is 301 g/mol. The molecule has 0 radical (unpaired) electrons. The molecule has 0 aliphatic heterocycles. The fourth-order valence-corrected chi connectivity index (χ4v) is 2.65. The number of nitrogen functional groups attached to an aromatic ring is 1. The molecule has 5 N–H and O–H groups in total. The van der Waals surface area contributed by atoms with Crippen LogP contribution in [0.5, 0.6) is 0 Å². The number of sulfonamides is 1. The molecular weight excluding hydrogens is 282 g/mol. The van der Waals surface area contributed by atoms with E-state index in [0.717, 1.165) is 6.26 Å². The van der Waals surface area contributed by atoms with E-state index >= 15 is 0 Å². The van der Waals surface area contributed by atoms with Gasteiger partial charge in [-0.05, 0) is 26.0 Å². The van der Waals surface area contributed by atoms with Gasteiger partial charge in [0.05, 0.1) is 11.9 Å². The number of hydrogen-bond donors (Lipinski definition) is 4. The number of nitrogens with zero attached hydrogens (tertiary/aromatic N) is 1. The molecule has 1 amide bonds. The Morgan fingerprint density at radius 2 is 2.10 bits per heavy atom. The number of carbonyl (C=O) groups excluding carboxylic acids is 1. The third-order valence-corrected chi connectivity index (χ3v) is 3.24. The molecule has 0 unspecified atom stereocenters. The van der Waals surface area contributed by atoms with Crippen molar-refractivity contribution in [1.29, 1.82) is 0 Å². The lowest BCUT2D eigenvalue weighted by Crippen LogP contribution is -2.51. The summed E-state index contributed by atoms with van der Waals surface area (Å²) in [6.45, 7) is 3.46. The number of nitrogens with two attached hydrogens (primary N) is 1. The first-order valence-electron chi connectivity index (χ1n) is 5.83. The molecule has 0 aromatic carbocycles. The van der Waals surface area contributed by atoms with Gasteiger partial charge in [-0.25, -0.2) is 13.1 Å². The van der Waals surface area contributed by atoms with Crippen molar-refractivity contribution in [2.75, 3.05) is 18.2 Å². The van der Waals surface area contributed by atoms with Gasteiger partial charge in [0.2, 0.25) is 10.0 Å².